The minimum absolute atomic E-state index is 0.112. The van der Waals surface area contributed by atoms with Gasteiger partial charge in [0.15, 0.2) is 6.61 Å². The fraction of sp³-hybridized carbons (Fsp3) is 0.333. The first-order valence-corrected chi connectivity index (χ1v) is 9.68. The van der Waals surface area contributed by atoms with Crippen LogP contribution in [0.3, 0.4) is 0 Å². The lowest BCUT2D eigenvalue weighted by Gasteiger charge is -2.09. The van der Waals surface area contributed by atoms with E-state index in [1.165, 1.54) is 24.3 Å². The average Bonchev–Trinajstić information content (AvgIpc) is 2.91. The Morgan fingerprint density at radius 1 is 1.15 bits per heavy atom. The Hall–Kier alpha value is -2.49. The van der Waals surface area contributed by atoms with Gasteiger partial charge in [-0.2, -0.15) is 0 Å². The highest BCUT2D eigenvalue weighted by molar-refractivity contribution is 7.89. The maximum atomic E-state index is 12.4. The number of Topliss-reactive ketones (excluding diaryl/α,β-unsaturated/α-hetero) is 1. The van der Waals surface area contributed by atoms with E-state index in [0.29, 0.717) is 18.7 Å². The first-order chi connectivity index (χ1) is 12.6. The summed E-state index contributed by atoms with van der Waals surface area (Å²) in [5, 5.41) is 5.01. The van der Waals surface area contributed by atoms with Gasteiger partial charge in [0.05, 0.1) is 17.1 Å². The molecule has 0 aliphatic rings. The highest BCUT2D eigenvalue weighted by Gasteiger charge is 2.18. The number of methoxy groups -OCH3 is 1. The molecule has 0 radical (unpaired) electrons. The van der Waals surface area contributed by atoms with Gasteiger partial charge in [0.25, 0.3) is 0 Å². The van der Waals surface area contributed by atoms with Crippen LogP contribution < -0.4 is 5.14 Å². The molecule has 0 atom stereocenters. The molecule has 0 aliphatic heterocycles. The Morgan fingerprint density at radius 2 is 1.78 bits per heavy atom. The highest BCUT2D eigenvalue weighted by atomic mass is 32.2. The van der Waals surface area contributed by atoms with Gasteiger partial charge in [-0.05, 0) is 44.2 Å². The Morgan fingerprint density at radius 3 is 2.33 bits per heavy atom. The SMILES string of the molecule is COCCn1c(C)cc(C(=O)COC(=O)c2ccc(S(N)(=O)=O)cc2)c1C. The maximum Gasteiger partial charge on any atom is 0.338 e. The molecule has 27 heavy (non-hydrogen) atoms. The van der Waals surface area contributed by atoms with E-state index in [9.17, 15) is 18.0 Å². The van der Waals surface area contributed by atoms with Crippen LogP contribution in [0.25, 0.3) is 0 Å². The number of hydrogen-bond donors (Lipinski definition) is 1. The molecule has 0 saturated heterocycles. The number of primary sulfonamides is 1. The quantitative estimate of drug-likeness (QED) is 0.535. The monoisotopic (exact) mass is 394 g/mol. The van der Waals surface area contributed by atoms with Crippen molar-refractivity contribution in [2.75, 3.05) is 20.3 Å². The van der Waals surface area contributed by atoms with Crippen molar-refractivity contribution in [1.82, 2.24) is 4.57 Å². The van der Waals surface area contributed by atoms with Crippen LogP contribution in [0.4, 0.5) is 0 Å². The predicted octanol–water partition coefficient (Wildman–Crippen LogP) is 1.44. The summed E-state index contributed by atoms with van der Waals surface area (Å²) in [5.41, 5.74) is 2.31. The van der Waals surface area contributed by atoms with E-state index in [1.54, 1.807) is 13.2 Å². The number of hydrogen-bond acceptors (Lipinski definition) is 6. The third-order valence-corrected chi connectivity index (χ3v) is 5.08. The number of benzene rings is 1. The number of carbonyl (C=O) groups is 2. The fourth-order valence-corrected chi connectivity index (χ4v) is 3.20. The maximum absolute atomic E-state index is 12.4. The van der Waals surface area contributed by atoms with Crippen molar-refractivity contribution in [2.45, 2.75) is 25.3 Å². The van der Waals surface area contributed by atoms with Crippen molar-refractivity contribution < 1.29 is 27.5 Å². The predicted molar refractivity (Wildman–Crippen MR) is 98.2 cm³/mol. The molecule has 2 N–H and O–H groups in total. The summed E-state index contributed by atoms with van der Waals surface area (Å²) in [6, 6.07) is 6.72. The van der Waals surface area contributed by atoms with Crippen LogP contribution in [-0.4, -0.2) is 45.1 Å². The molecule has 2 rings (SSSR count). The molecular weight excluding hydrogens is 372 g/mol. The van der Waals surface area contributed by atoms with Gasteiger partial charge in [-0.1, -0.05) is 0 Å². The van der Waals surface area contributed by atoms with Crippen molar-refractivity contribution in [2.24, 2.45) is 5.14 Å². The molecular formula is C18H22N2O6S. The standard InChI is InChI=1S/C18H22N2O6S/c1-12-10-16(13(2)20(12)8-9-25-3)17(21)11-26-18(22)14-4-6-15(7-5-14)27(19,23)24/h4-7,10H,8-9,11H2,1-3H3,(H2,19,23,24). The summed E-state index contributed by atoms with van der Waals surface area (Å²) < 4.78 is 34.5. The van der Waals surface area contributed by atoms with E-state index >= 15 is 0 Å². The van der Waals surface area contributed by atoms with Gasteiger partial charge in [-0.25, -0.2) is 18.4 Å². The third-order valence-electron chi connectivity index (χ3n) is 4.15. The van der Waals surface area contributed by atoms with Gasteiger partial charge in [-0.15, -0.1) is 0 Å². The zero-order valence-electron chi connectivity index (χ0n) is 15.4. The largest absolute Gasteiger partial charge is 0.454 e. The van der Waals surface area contributed by atoms with Crippen LogP contribution in [0.2, 0.25) is 0 Å². The summed E-state index contributed by atoms with van der Waals surface area (Å²) in [7, 11) is -2.23. The smallest absolute Gasteiger partial charge is 0.338 e. The van der Waals surface area contributed by atoms with Crippen LogP contribution in [0, 0.1) is 13.8 Å². The normalized spacial score (nSPS) is 11.4. The van der Waals surface area contributed by atoms with Gasteiger partial charge < -0.3 is 14.0 Å². The Kier molecular flexibility index (Phi) is 6.53. The molecule has 0 saturated carbocycles. The van der Waals surface area contributed by atoms with E-state index < -0.39 is 22.6 Å². The van der Waals surface area contributed by atoms with E-state index in [1.807, 2.05) is 18.4 Å². The number of nitrogens with two attached hydrogens (primary N) is 1. The van der Waals surface area contributed by atoms with Crippen molar-refractivity contribution >= 4 is 21.8 Å². The molecule has 0 unspecified atom stereocenters. The second kappa shape index (κ2) is 8.47. The highest BCUT2D eigenvalue weighted by Crippen LogP contribution is 2.16. The molecule has 9 heteroatoms. The summed E-state index contributed by atoms with van der Waals surface area (Å²) in [4.78, 5) is 24.4. The lowest BCUT2D eigenvalue weighted by molar-refractivity contribution is 0.0474. The molecule has 0 fully saturated rings. The Bertz CT molecular complexity index is 945. The molecule has 8 nitrogen and oxygen atoms in total. The molecule has 1 heterocycles. The van der Waals surface area contributed by atoms with Gasteiger partial charge in [0, 0.05) is 30.6 Å². The van der Waals surface area contributed by atoms with Crippen LogP contribution >= 0.6 is 0 Å². The lowest BCUT2D eigenvalue weighted by Crippen LogP contribution is -2.16. The minimum atomic E-state index is -3.84. The molecule has 0 amide bonds. The number of ketones is 1. The molecule has 1 aromatic heterocycles. The van der Waals surface area contributed by atoms with Crippen LogP contribution in [0.5, 0.6) is 0 Å². The lowest BCUT2D eigenvalue weighted by atomic mass is 10.1. The second-order valence-corrected chi connectivity index (χ2v) is 7.56. The average molecular weight is 394 g/mol. The fourth-order valence-electron chi connectivity index (χ4n) is 2.68. The minimum Gasteiger partial charge on any atom is -0.454 e. The van der Waals surface area contributed by atoms with E-state index in [-0.39, 0.29) is 16.2 Å². The Balaban J connectivity index is 2.04. The van der Waals surface area contributed by atoms with E-state index in [0.717, 1.165) is 11.4 Å². The van der Waals surface area contributed by atoms with Gasteiger partial charge in [0.2, 0.25) is 15.8 Å². The third kappa shape index (κ3) is 5.03. The second-order valence-electron chi connectivity index (χ2n) is 6.00. The van der Waals surface area contributed by atoms with Crippen molar-refractivity contribution in [3.8, 4) is 0 Å². The first kappa shape index (κ1) is 20.8. The first-order valence-electron chi connectivity index (χ1n) is 8.14. The summed E-state index contributed by atoms with van der Waals surface area (Å²) >= 11 is 0. The number of sulfonamides is 1. The Labute approximate surface area is 157 Å². The van der Waals surface area contributed by atoms with Gasteiger partial charge >= 0.3 is 5.97 Å². The van der Waals surface area contributed by atoms with E-state index in [4.69, 9.17) is 14.6 Å². The summed E-state index contributed by atoms with van der Waals surface area (Å²) in [5.74, 6) is -1.04. The molecule has 0 spiro atoms. The van der Waals surface area contributed by atoms with Crippen molar-refractivity contribution in [3.63, 3.8) is 0 Å². The number of rotatable bonds is 8. The van der Waals surface area contributed by atoms with Gasteiger partial charge in [-0.3, -0.25) is 4.79 Å². The zero-order chi connectivity index (χ0) is 20.2. The van der Waals surface area contributed by atoms with Crippen molar-refractivity contribution in [1.29, 1.82) is 0 Å². The molecule has 2 aromatic rings. The summed E-state index contributed by atoms with van der Waals surface area (Å²) in [6.07, 6.45) is 0. The molecule has 1 aromatic carbocycles. The van der Waals surface area contributed by atoms with Crippen LogP contribution in [-0.2, 0) is 26.0 Å². The molecule has 0 aliphatic carbocycles. The zero-order valence-corrected chi connectivity index (χ0v) is 16.2. The van der Waals surface area contributed by atoms with Crippen LogP contribution in [0.15, 0.2) is 35.2 Å². The number of ether oxygens (including phenoxy) is 2. The number of carbonyl (C=O) groups excluding carboxylic acids is 2. The topological polar surface area (TPSA) is 118 Å². The summed E-state index contributed by atoms with van der Waals surface area (Å²) in [6.45, 7) is 4.44. The van der Waals surface area contributed by atoms with Crippen LogP contribution in [0.1, 0.15) is 32.1 Å². The number of aryl methyl sites for hydroxylation is 1. The van der Waals surface area contributed by atoms with Crippen molar-refractivity contribution in [3.05, 3.63) is 52.8 Å². The molecule has 0 bridgehead atoms. The number of nitrogens with zero attached hydrogens (tertiary/aromatic N) is 1. The molecule has 146 valence electrons. The van der Waals surface area contributed by atoms with Gasteiger partial charge in [0.1, 0.15) is 0 Å². The number of esters is 1. The number of aromatic nitrogens is 1. The van der Waals surface area contributed by atoms with E-state index in [2.05, 4.69) is 0 Å².